The number of nitrogens with zero attached hydrogens (tertiary/aromatic N) is 4. The molecule has 0 aliphatic rings. The number of rotatable bonds is 3. The number of fused-ring (bicyclic) bond motifs is 1. The van der Waals surface area contributed by atoms with Gasteiger partial charge in [-0.3, -0.25) is 4.57 Å². The average molecular weight is 401 g/mol. The third kappa shape index (κ3) is 2.22. The standard InChI is InChI=1S/C13H10ClIN4O/c1-20-13-11-12(16-7-17-13)19(10(6-14)18-11)9-4-2-8(15)3-5-9/h2-5,7H,6H2,1H3. The molecule has 3 rings (SSSR count). The van der Waals surface area contributed by atoms with E-state index in [1.807, 2.05) is 28.8 Å². The molecule has 0 bridgehead atoms. The van der Waals surface area contributed by atoms with Crippen molar-refractivity contribution in [2.45, 2.75) is 5.88 Å². The topological polar surface area (TPSA) is 52.8 Å². The Bertz CT molecular complexity index is 757. The minimum absolute atomic E-state index is 0.283. The van der Waals surface area contributed by atoms with Gasteiger partial charge in [-0.1, -0.05) is 0 Å². The summed E-state index contributed by atoms with van der Waals surface area (Å²) in [6.07, 6.45) is 1.46. The fraction of sp³-hybridized carbons (Fsp3) is 0.154. The van der Waals surface area contributed by atoms with Gasteiger partial charge >= 0.3 is 0 Å². The van der Waals surface area contributed by atoms with Crippen molar-refractivity contribution in [3.8, 4) is 11.6 Å². The minimum Gasteiger partial charge on any atom is -0.479 e. The molecule has 2 aromatic heterocycles. The molecule has 1 aromatic carbocycles. The number of methoxy groups -OCH3 is 1. The molecular weight excluding hydrogens is 391 g/mol. The van der Waals surface area contributed by atoms with Crippen molar-refractivity contribution in [2.75, 3.05) is 7.11 Å². The van der Waals surface area contributed by atoms with Crippen molar-refractivity contribution in [1.82, 2.24) is 19.5 Å². The zero-order valence-corrected chi connectivity index (χ0v) is 13.5. The quantitative estimate of drug-likeness (QED) is 0.501. The summed E-state index contributed by atoms with van der Waals surface area (Å²) in [6, 6.07) is 8.07. The summed E-state index contributed by atoms with van der Waals surface area (Å²) >= 11 is 8.27. The molecule has 0 aliphatic heterocycles. The van der Waals surface area contributed by atoms with Crippen LogP contribution in [0.4, 0.5) is 0 Å². The predicted octanol–water partition coefficient (Wildman–Crippen LogP) is 3.17. The van der Waals surface area contributed by atoms with Gasteiger partial charge in [0.1, 0.15) is 12.2 Å². The van der Waals surface area contributed by atoms with E-state index in [-0.39, 0.29) is 5.88 Å². The summed E-state index contributed by atoms with van der Waals surface area (Å²) < 4.78 is 8.31. The predicted molar refractivity (Wildman–Crippen MR) is 85.5 cm³/mol. The van der Waals surface area contributed by atoms with Gasteiger partial charge in [-0.15, -0.1) is 11.6 Å². The fourth-order valence-electron chi connectivity index (χ4n) is 2.02. The van der Waals surface area contributed by atoms with Gasteiger partial charge in [-0.05, 0) is 46.9 Å². The lowest BCUT2D eigenvalue weighted by Gasteiger charge is -2.07. The second-order valence-electron chi connectivity index (χ2n) is 4.03. The van der Waals surface area contributed by atoms with Gasteiger partial charge in [0.15, 0.2) is 11.2 Å². The van der Waals surface area contributed by atoms with E-state index in [1.165, 1.54) is 6.33 Å². The van der Waals surface area contributed by atoms with Crippen molar-refractivity contribution in [3.63, 3.8) is 0 Å². The van der Waals surface area contributed by atoms with Crippen molar-refractivity contribution in [2.24, 2.45) is 0 Å². The molecule has 0 spiro atoms. The largest absolute Gasteiger partial charge is 0.479 e. The molecular formula is C13H10ClIN4O. The number of alkyl halides is 1. The number of hydrogen-bond acceptors (Lipinski definition) is 4. The highest BCUT2D eigenvalue weighted by Gasteiger charge is 2.16. The molecule has 2 heterocycles. The molecule has 0 atom stereocenters. The van der Waals surface area contributed by atoms with E-state index in [4.69, 9.17) is 16.3 Å². The Hall–Kier alpha value is -1.41. The van der Waals surface area contributed by atoms with Gasteiger partial charge in [-0.2, -0.15) is 4.98 Å². The molecule has 0 aliphatic carbocycles. The van der Waals surface area contributed by atoms with E-state index in [0.29, 0.717) is 22.9 Å². The number of imidazole rings is 1. The van der Waals surface area contributed by atoms with Gasteiger partial charge in [0.05, 0.1) is 13.0 Å². The molecule has 102 valence electrons. The number of halogens is 2. The van der Waals surface area contributed by atoms with Crippen LogP contribution in [-0.2, 0) is 5.88 Å². The summed E-state index contributed by atoms with van der Waals surface area (Å²) in [4.78, 5) is 12.9. The number of aromatic nitrogens is 4. The summed E-state index contributed by atoms with van der Waals surface area (Å²) in [5, 5.41) is 0. The summed E-state index contributed by atoms with van der Waals surface area (Å²) in [6.45, 7) is 0. The molecule has 3 aromatic rings. The maximum atomic E-state index is 6.01. The molecule has 7 heteroatoms. The zero-order valence-electron chi connectivity index (χ0n) is 10.5. The molecule has 0 saturated heterocycles. The first-order valence-corrected chi connectivity index (χ1v) is 7.44. The minimum atomic E-state index is 0.283. The van der Waals surface area contributed by atoms with Crippen molar-refractivity contribution in [3.05, 3.63) is 40.0 Å². The van der Waals surface area contributed by atoms with Crippen LogP contribution in [0.1, 0.15) is 5.82 Å². The van der Waals surface area contributed by atoms with Gasteiger partial charge < -0.3 is 4.74 Å². The SMILES string of the molecule is COc1ncnc2c1nc(CCl)n2-c1ccc(I)cc1. The van der Waals surface area contributed by atoms with Crippen LogP contribution >= 0.6 is 34.2 Å². The third-order valence-corrected chi connectivity index (χ3v) is 3.84. The molecule has 0 saturated carbocycles. The number of ether oxygens (including phenoxy) is 1. The Kier molecular flexibility index (Phi) is 3.75. The molecule has 0 amide bonds. The monoisotopic (exact) mass is 400 g/mol. The first-order valence-electron chi connectivity index (χ1n) is 5.83. The van der Waals surface area contributed by atoms with Crippen LogP contribution in [0.3, 0.4) is 0 Å². The highest BCUT2D eigenvalue weighted by Crippen LogP contribution is 2.26. The van der Waals surface area contributed by atoms with Gasteiger partial charge in [-0.25, -0.2) is 9.97 Å². The molecule has 5 nitrogen and oxygen atoms in total. The van der Waals surface area contributed by atoms with Crippen molar-refractivity contribution in [1.29, 1.82) is 0 Å². The van der Waals surface area contributed by atoms with Crippen LogP contribution < -0.4 is 4.74 Å². The lowest BCUT2D eigenvalue weighted by atomic mass is 10.3. The fourth-order valence-corrected chi connectivity index (χ4v) is 2.56. The van der Waals surface area contributed by atoms with Crippen LogP contribution in [0.2, 0.25) is 0 Å². The van der Waals surface area contributed by atoms with Crippen LogP contribution in [-0.4, -0.2) is 26.6 Å². The van der Waals surface area contributed by atoms with Gasteiger partial charge in [0.2, 0.25) is 5.88 Å². The Labute approximate surface area is 134 Å². The molecule has 20 heavy (non-hydrogen) atoms. The van der Waals surface area contributed by atoms with E-state index in [2.05, 4.69) is 37.5 Å². The lowest BCUT2D eigenvalue weighted by Crippen LogP contribution is -2.00. The maximum absolute atomic E-state index is 6.01. The molecule has 0 fully saturated rings. The first-order chi connectivity index (χ1) is 9.74. The Balaban J connectivity index is 2.30. The van der Waals surface area contributed by atoms with Crippen LogP contribution in [0, 0.1) is 3.57 Å². The van der Waals surface area contributed by atoms with E-state index in [0.717, 1.165) is 9.26 Å². The lowest BCUT2D eigenvalue weighted by molar-refractivity contribution is 0.401. The maximum Gasteiger partial charge on any atom is 0.245 e. The Morgan fingerprint density at radius 1 is 1.25 bits per heavy atom. The highest BCUT2D eigenvalue weighted by atomic mass is 127. The number of benzene rings is 1. The van der Waals surface area contributed by atoms with Crippen LogP contribution in [0.15, 0.2) is 30.6 Å². The van der Waals surface area contributed by atoms with E-state index >= 15 is 0 Å². The molecule has 0 N–H and O–H groups in total. The normalized spacial score (nSPS) is 10.9. The van der Waals surface area contributed by atoms with Crippen LogP contribution in [0.25, 0.3) is 16.9 Å². The Morgan fingerprint density at radius 2 is 2.00 bits per heavy atom. The van der Waals surface area contributed by atoms with Gasteiger partial charge in [0, 0.05) is 9.26 Å². The van der Waals surface area contributed by atoms with Crippen molar-refractivity contribution < 1.29 is 4.74 Å². The van der Waals surface area contributed by atoms with Crippen LogP contribution in [0.5, 0.6) is 5.88 Å². The summed E-state index contributed by atoms with van der Waals surface area (Å²) in [7, 11) is 1.56. The zero-order chi connectivity index (χ0) is 14.1. The van der Waals surface area contributed by atoms with Crippen molar-refractivity contribution >= 4 is 45.4 Å². The average Bonchev–Trinajstić information content (AvgIpc) is 2.86. The van der Waals surface area contributed by atoms with Gasteiger partial charge in [0.25, 0.3) is 0 Å². The third-order valence-electron chi connectivity index (χ3n) is 2.88. The summed E-state index contributed by atoms with van der Waals surface area (Å²) in [5.74, 6) is 1.44. The first kappa shape index (κ1) is 13.6. The molecule has 0 radical (unpaired) electrons. The second kappa shape index (κ2) is 5.53. The Morgan fingerprint density at radius 3 is 2.65 bits per heavy atom. The van der Waals surface area contributed by atoms with E-state index < -0.39 is 0 Å². The smallest absolute Gasteiger partial charge is 0.245 e. The van der Waals surface area contributed by atoms with E-state index in [1.54, 1.807) is 7.11 Å². The second-order valence-corrected chi connectivity index (χ2v) is 5.54. The number of hydrogen-bond donors (Lipinski definition) is 0. The summed E-state index contributed by atoms with van der Waals surface area (Å²) in [5.41, 5.74) is 2.27. The highest BCUT2D eigenvalue weighted by molar-refractivity contribution is 14.1. The molecule has 0 unspecified atom stereocenters. The van der Waals surface area contributed by atoms with E-state index in [9.17, 15) is 0 Å².